The van der Waals surface area contributed by atoms with Gasteiger partial charge in [-0.15, -0.1) is 0 Å². The molecule has 0 saturated carbocycles. The van der Waals surface area contributed by atoms with Gasteiger partial charge in [-0.25, -0.2) is 4.57 Å². The summed E-state index contributed by atoms with van der Waals surface area (Å²) in [6.07, 6.45) is 100. The number of hydrogen-bond acceptors (Lipinski definition) is 8. The summed E-state index contributed by atoms with van der Waals surface area (Å²) in [6, 6.07) is 0. The van der Waals surface area contributed by atoms with Gasteiger partial charge in [0.05, 0.1) is 13.2 Å². The van der Waals surface area contributed by atoms with Crippen molar-refractivity contribution in [2.45, 2.75) is 328 Å². The maximum absolute atomic E-state index is 12.8. The fourth-order valence-electron chi connectivity index (χ4n) is 10.0. The number of phosphoric ester groups is 1. The minimum Gasteiger partial charge on any atom is -0.462 e. The van der Waals surface area contributed by atoms with Gasteiger partial charge < -0.3 is 20.1 Å². The smallest absolute Gasteiger partial charge is 0.462 e. The van der Waals surface area contributed by atoms with E-state index in [9.17, 15) is 19.0 Å². The van der Waals surface area contributed by atoms with Gasteiger partial charge in [0.15, 0.2) is 6.10 Å². The number of carbonyl (C=O) groups is 2. The van der Waals surface area contributed by atoms with Crippen LogP contribution in [0.2, 0.25) is 0 Å². The number of allylic oxidation sites excluding steroid dienone is 20. The normalized spacial score (nSPS) is 13.7. The summed E-state index contributed by atoms with van der Waals surface area (Å²) in [5.41, 5.74) is 5.41. The summed E-state index contributed by atoms with van der Waals surface area (Å²) in [5, 5.41) is 0. The molecule has 10 heteroatoms. The molecule has 0 heterocycles. The molecule has 0 bridgehead atoms. The van der Waals surface area contributed by atoms with Crippen LogP contribution in [0.5, 0.6) is 0 Å². The molecule has 0 aliphatic carbocycles. The van der Waals surface area contributed by atoms with Crippen molar-refractivity contribution in [3.8, 4) is 0 Å². The molecule has 0 radical (unpaired) electrons. The molecule has 0 aromatic rings. The number of carbonyl (C=O) groups excluding carboxylic acids is 2. The summed E-state index contributed by atoms with van der Waals surface area (Å²) >= 11 is 0. The second-order valence-electron chi connectivity index (χ2n) is 23.7. The van der Waals surface area contributed by atoms with Gasteiger partial charge in [0.25, 0.3) is 0 Å². The highest BCUT2D eigenvalue weighted by Gasteiger charge is 2.26. The Morgan fingerprint density at radius 1 is 0.356 bits per heavy atom. The molecule has 0 aromatic carbocycles. The van der Waals surface area contributed by atoms with Crippen molar-refractivity contribution < 1.29 is 37.6 Å². The fraction of sp³-hybridized carbons (Fsp3) is 0.714. The Hall–Kier alpha value is -3.59. The van der Waals surface area contributed by atoms with Crippen LogP contribution < -0.4 is 5.73 Å². The van der Waals surface area contributed by atoms with E-state index in [1.807, 2.05) is 0 Å². The van der Waals surface area contributed by atoms with E-state index in [0.717, 1.165) is 103 Å². The van der Waals surface area contributed by atoms with E-state index in [-0.39, 0.29) is 38.6 Å². The van der Waals surface area contributed by atoms with E-state index >= 15 is 0 Å². The Labute approximate surface area is 536 Å². The highest BCUT2D eigenvalue weighted by atomic mass is 31.2. The standard InChI is InChI=1S/C77H134NO8P/c1-3-5-7-9-11-13-15-17-19-21-23-25-27-29-31-33-35-37-39-41-43-45-47-49-51-53-55-57-59-61-63-65-67-69-76(79)83-73-75(74-85-87(81,82)84-72-71-78)86-77(80)70-68-66-64-62-60-58-56-54-52-50-48-46-44-42-40-38-36-34-32-30-28-26-24-22-20-18-16-14-12-10-8-6-4-2/h6,8,12,14-15,17-18,20-21,23-24,26-27,29-30,32,36,38,42,44,75H,3-5,7,9-11,13,16,19,22,25,28,31,33-35,37,39-41,43,45-74,78H2,1-2H3,(H,81,82)/b8-6-,14-12-,17-15-,20-18-,23-21-,26-24-,29-27-,32-30-,38-36-,44-42-. The Bertz CT molecular complexity index is 1840. The first-order valence-corrected chi connectivity index (χ1v) is 37.5. The Kier molecular flexibility index (Phi) is 68.5. The molecule has 0 saturated heterocycles. The van der Waals surface area contributed by atoms with Crippen molar-refractivity contribution in [1.29, 1.82) is 0 Å². The van der Waals surface area contributed by atoms with Gasteiger partial charge in [-0.05, 0) is 109 Å². The lowest BCUT2D eigenvalue weighted by Gasteiger charge is -2.19. The topological polar surface area (TPSA) is 134 Å². The highest BCUT2D eigenvalue weighted by Crippen LogP contribution is 2.43. The zero-order valence-corrected chi connectivity index (χ0v) is 57.1. The minimum absolute atomic E-state index is 0.0490. The monoisotopic (exact) mass is 1230 g/mol. The number of esters is 2. The van der Waals surface area contributed by atoms with Crippen molar-refractivity contribution in [2.75, 3.05) is 26.4 Å². The van der Waals surface area contributed by atoms with Crippen LogP contribution >= 0.6 is 7.82 Å². The van der Waals surface area contributed by atoms with Gasteiger partial charge in [0.2, 0.25) is 0 Å². The summed E-state index contributed by atoms with van der Waals surface area (Å²) in [7, 11) is -4.40. The average molecular weight is 1230 g/mol. The zero-order chi connectivity index (χ0) is 63.0. The highest BCUT2D eigenvalue weighted by molar-refractivity contribution is 7.47. The fourth-order valence-corrected chi connectivity index (χ4v) is 10.8. The van der Waals surface area contributed by atoms with Crippen LogP contribution in [0.4, 0.5) is 0 Å². The maximum atomic E-state index is 12.8. The zero-order valence-electron chi connectivity index (χ0n) is 56.2. The molecule has 0 aliphatic rings. The number of rotatable bonds is 67. The van der Waals surface area contributed by atoms with Crippen molar-refractivity contribution >= 4 is 19.8 Å². The van der Waals surface area contributed by atoms with E-state index in [0.29, 0.717) is 6.42 Å². The van der Waals surface area contributed by atoms with E-state index in [1.54, 1.807) is 0 Å². The van der Waals surface area contributed by atoms with Crippen LogP contribution in [0.25, 0.3) is 0 Å². The van der Waals surface area contributed by atoms with E-state index in [1.165, 1.54) is 186 Å². The number of unbranched alkanes of at least 4 members (excludes halogenated alkanes) is 34. The summed E-state index contributed by atoms with van der Waals surface area (Å²) in [4.78, 5) is 35.4. The number of hydrogen-bond donors (Lipinski definition) is 2. The molecule has 0 aliphatic heterocycles. The number of phosphoric acid groups is 1. The van der Waals surface area contributed by atoms with Crippen molar-refractivity contribution in [1.82, 2.24) is 0 Å². The van der Waals surface area contributed by atoms with Crippen LogP contribution in [0, 0.1) is 0 Å². The Morgan fingerprint density at radius 2 is 0.632 bits per heavy atom. The molecule has 0 rings (SSSR count). The molecule has 9 nitrogen and oxygen atoms in total. The van der Waals surface area contributed by atoms with Gasteiger partial charge in [0.1, 0.15) is 6.61 Å². The largest absolute Gasteiger partial charge is 0.472 e. The van der Waals surface area contributed by atoms with Crippen molar-refractivity contribution in [2.24, 2.45) is 5.73 Å². The minimum atomic E-state index is -4.40. The van der Waals surface area contributed by atoms with Gasteiger partial charge in [-0.1, -0.05) is 322 Å². The van der Waals surface area contributed by atoms with Crippen molar-refractivity contribution in [3.05, 3.63) is 122 Å². The Balaban J connectivity index is 3.89. The predicted molar refractivity (Wildman–Crippen MR) is 376 cm³/mol. The molecule has 87 heavy (non-hydrogen) atoms. The van der Waals surface area contributed by atoms with Gasteiger partial charge in [0, 0.05) is 19.4 Å². The molecule has 0 spiro atoms. The van der Waals surface area contributed by atoms with Crippen LogP contribution in [0.3, 0.4) is 0 Å². The van der Waals surface area contributed by atoms with Crippen LogP contribution in [0.15, 0.2) is 122 Å². The molecule has 2 atom stereocenters. The summed E-state index contributed by atoms with van der Waals surface area (Å²) < 4.78 is 33.2. The maximum Gasteiger partial charge on any atom is 0.472 e. The second-order valence-corrected chi connectivity index (χ2v) is 25.2. The molecule has 2 unspecified atom stereocenters. The lowest BCUT2D eigenvalue weighted by molar-refractivity contribution is -0.161. The molecule has 0 aromatic heterocycles. The van der Waals surface area contributed by atoms with Crippen LogP contribution in [0.1, 0.15) is 322 Å². The lowest BCUT2D eigenvalue weighted by Crippen LogP contribution is -2.29. The molecule has 500 valence electrons. The molecule has 3 N–H and O–H groups in total. The quantitative estimate of drug-likeness (QED) is 0.0264. The second kappa shape index (κ2) is 71.5. The van der Waals surface area contributed by atoms with Crippen molar-refractivity contribution in [3.63, 3.8) is 0 Å². The first-order valence-electron chi connectivity index (χ1n) is 36.0. The number of ether oxygens (including phenoxy) is 2. The van der Waals surface area contributed by atoms with Crippen LogP contribution in [-0.4, -0.2) is 49.3 Å². The Morgan fingerprint density at radius 3 is 0.943 bits per heavy atom. The van der Waals surface area contributed by atoms with E-state index in [2.05, 4.69) is 135 Å². The first-order chi connectivity index (χ1) is 42.8. The number of nitrogens with two attached hydrogens (primary N) is 1. The average Bonchev–Trinajstić information content (AvgIpc) is 3.64. The third-order valence-corrected chi connectivity index (χ3v) is 16.3. The predicted octanol–water partition coefficient (Wildman–Crippen LogP) is 23.9. The summed E-state index contributed by atoms with van der Waals surface area (Å²) in [6.45, 7) is 3.64. The molecular weight excluding hydrogens is 1100 g/mol. The molecule has 0 amide bonds. The molecular formula is C77H134NO8P. The first kappa shape index (κ1) is 83.4. The van der Waals surface area contributed by atoms with E-state index < -0.39 is 26.5 Å². The van der Waals surface area contributed by atoms with Crippen LogP contribution in [-0.2, 0) is 32.7 Å². The van der Waals surface area contributed by atoms with Gasteiger partial charge in [-0.3, -0.25) is 18.6 Å². The lowest BCUT2D eigenvalue weighted by atomic mass is 10.0. The van der Waals surface area contributed by atoms with E-state index in [4.69, 9.17) is 24.3 Å². The third kappa shape index (κ3) is 71.4. The third-order valence-electron chi connectivity index (χ3n) is 15.3. The molecule has 0 fully saturated rings. The SMILES string of the molecule is CC/C=C\C/C=C\C/C=C\C/C=C\C/C=C\C/C=C\C/C=C\CCCCCCCCCCCCCC(=O)OC(COC(=O)CCCCCCCCCCCCCCCCCCCC/C=C\C/C=C\C/C=C\CCCCCCC)COP(=O)(O)OCCN. The van der Waals surface area contributed by atoms with Gasteiger partial charge >= 0.3 is 19.8 Å². The van der Waals surface area contributed by atoms with Gasteiger partial charge in [-0.2, -0.15) is 0 Å². The summed E-state index contributed by atoms with van der Waals surface area (Å²) in [5.74, 6) is -0.826.